The third-order valence-corrected chi connectivity index (χ3v) is 3.68. The van der Waals surface area contributed by atoms with Crippen molar-refractivity contribution >= 4 is 5.97 Å². The van der Waals surface area contributed by atoms with Crippen LogP contribution in [0.2, 0.25) is 0 Å². The van der Waals surface area contributed by atoms with Crippen molar-refractivity contribution in [3.63, 3.8) is 0 Å². The molecule has 0 amide bonds. The van der Waals surface area contributed by atoms with E-state index >= 15 is 0 Å². The maximum absolute atomic E-state index is 11.1. The second-order valence-electron chi connectivity index (χ2n) is 5.45. The van der Waals surface area contributed by atoms with E-state index in [1.807, 2.05) is 44.3 Å². The minimum atomic E-state index is -0.685. The first-order chi connectivity index (χ1) is 10.0. The fraction of sp³-hybridized carbons (Fsp3) is 0.562. The lowest BCUT2D eigenvalue weighted by atomic mass is 10.1. The molecule has 0 aromatic heterocycles. The second-order valence-corrected chi connectivity index (χ2v) is 5.45. The van der Waals surface area contributed by atoms with Gasteiger partial charge >= 0.3 is 5.97 Å². The van der Waals surface area contributed by atoms with Gasteiger partial charge in [-0.2, -0.15) is 0 Å². The summed E-state index contributed by atoms with van der Waals surface area (Å²) in [6.07, 6.45) is 0.383. The van der Waals surface area contributed by atoms with Gasteiger partial charge in [-0.3, -0.25) is 4.79 Å². The fourth-order valence-corrected chi connectivity index (χ4v) is 2.44. The Hall–Kier alpha value is -1.43. The Kier molecular flexibility index (Phi) is 5.33. The Bertz CT molecular complexity index is 465. The number of nitrogens with zero attached hydrogens (tertiary/aromatic N) is 1. The predicted octanol–water partition coefficient (Wildman–Crippen LogP) is 1.77. The fourth-order valence-electron chi connectivity index (χ4n) is 2.44. The third-order valence-electron chi connectivity index (χ3n) is 3.68. The van der Waals surface area contributed by atoms with Crippen LogP contribution in [0.1, 0.15) is 18.9 Å². The van der Waals surface area contributed by atoms with Gasteiger partial charge in [-0.05, 0) is 14.0 Å². The highest BCUT2D eigenvalue weighted by molar-refractivity contribution is 5.69. The molecule has 0 bridgehead atoms. The highest BCUT2D eigenvalue weighted by Crippen LogP contribution is 2.33. The number of hydrogen-bond acceptors (Lipinski definition) is 5. The number of carbonyl (C=O) groups excluding carboxylic acids is 1. The van der Waals surface area contributed by atoms with Gasteiger partial charge in [0.2, 0.25) is 0 Å². The molecule has 1 heterocycles. The van der Waals surface area contributed by atoms with Gasteiger partial charge in [0.05, 0.1) is 26.2 Å². The quantitative estimate of drug-likeness (QED) is 0.748. The Labute approximate surface area is 125 Å². The zero-order valence-corrected chi connectivity index (χ0v) is 12.9. The summed E-state index contributed by atoms with van der Waals surface area (Å²) in [5, 5.41) is 0. The average Bonchev–Trinajstić information content (AvgIpc) is 2.88. The third kappa shape index (κ3) is 4.27. The summed E-state index contributed by atoms with van der Waals surface area (Å²) >= 11 is 0. The summed E-state index contributed by atoms with van der Waals surface area (Å²) in [5.41, 5.74) is 1.02. The van der Waals surface area contributed by atoms with Gasteiger partial charge in [0.25, 0.3) is 0 Å². The zero-order valence-electron chi connectivity index (χ0n) is 12.9. The molecule has 2 rings (SSSR count). The van der Waals surface area contributed by atoms with Crippen molar-refractivity contribution in [2.24, 2.45) is 0 Å². The van der Waals surface area contributed by atoms with E-state index in [1.165, 1.54) is 7.11 Å². The van der Waals surface area contributed by atoms with Crippen LogP contribution in [0.25, 0.3) is 0 Å². The molecule has 0 radical (unpaired) electrons. The molecular formula is C16H23NO4. The molecule has 1 aliphatic heterocycles. The molecule has 1 aliphatic rings. The van der Waals surface area contributed by atoms with Crippen molar-refractivity contribution in [3.8, 4) is 0 Å². The van der Waals surface area contributed by atoms with Crippen molar-refractivity contribution < 1.29 is 19.0 Å². The molecule has 0 spiro atoms. The highest BCUT2D eigenvalue weighted by Gasteiger charge is 2.38. The Morgan fingerprint density at radius 1 is 1.43 bits per heavy atom. The number of esters is 1. The normalized spacial score (nSPS) is 25.2. The van der Waals surface area contributed by atoms with E-state index < -0.39 is 5.79 Å². The molecule has 1 fully saturated rings. The summed E-state index contributed by atoms with van der Waals surface area (Å²) in [7, 11) is 3.37. The minimum Gasteiger partial charge on any atom is -0.469 e. The molecule has 5 heteroatoms. The van der Waals surface area contributed by atoms with Crippen LogP contribution in [0.15, 0.2) is 30.3 Å². The summed E-state index contributed by atoms with van der Waals surface area (Å²) in [5.74, 6) is -0.880. The van der Waals surface area contributed by atoms with E-state index in [1.54, 1.807) is 0 Å². The number of ether oxygens (including phenoxy) is 3. The number of hydrogen-bond donors (Lipinski definition) is 0. The molecule has 1 aromatic rings. The maximum atomic E-state index is 11.1. The minimum absolute atomic E-state index is 0.00199. The Morgan fingerprint density at radius 2 is 2.14 bits per heavy atom. The van der Waals surface area contributed by atoms with Gasteiger partial charge in [-0.1, -0.05) is 30.3 Å². The molecule has 1 aromatic carbocycles. The van der Waals surface area contributed by atoms with Crippen LogP contribution in [0.3, 0.4) is 0 Å². The predicted molar refractivity (Wildman–Crippen MR) is 78.7 cm³/mol. The van der Waals surface area contributed by atoms with Gasteiger partial charge in [-0.15, -0.1) is 0 Å². The van der Waals surface area contributed by atoms with Crippen LogP contribution >= 0.6 is 0 Å². The number of benzene rings is 1. The van der Waals surface area contributed by atoms with Gasteiger partial charge in [0.15, 0.2) is 5.79 Å². The van der Waals surface area contributed by atoms with Crippen LogP contribution < -0.4 is 0 Å². The first-order valence-electron chi connectivity index (χ1n) is 7.16. The number of methoxy groups -OCH3 is 1. The van der Waals surface area contributed by atoms with Crippen LogP contribution in [0.4, 0.5) is 0 Å². The summed E-state index contributed by atoms with van der Waals surface area (Å²) in [6, 6.07) is 9.93. The first-order valence-corrected chi connectivity index (χ1v) is 7.16. The van der Waals surface area contributed by atoms with E-state index in [9.17, 15) is 4.79 Å². The van der Waals surface area contributed by atoms with Crippen molar-refractivity contribution in [1.29, 1.82) is 0 Å². The molecule has 21 heavy (non-hydrogen) atoms. The SMILES string of the molecule is COC(=O)CCN(C)CC1COC(C)(c2ccccc2)O1. The van der Waals surface area contributed by atoms with E-state index in [4.69, 9.17) is 9.47 Å². The first kappa shape index (κ1) is 15.9. The zero-order chi connectivity index (χ0) is 15.3. The van der Waals surface area contributed by atoms with Gasteiger partial charge in [0.1, 0.15) is 0 Å². The molecule has 0 N–H and O–H groups in total. The summed E-state index contributed by atoms with van der Waals surface area (Å²) < 4.78 is 16.5. The maximum Gasteiger partial charge on any atom is 0.306 e. The lowest BCUT2D eigenvalue weighted by Crippen LogP contribution is -2.33. The molecule has 5 nitrogen and oxygen atoms in total. The number of rotatable bonds is 6. The Balaban J connectivity index is 1.84. The van der Waals surface area contributed by atoms with Crippen molar-refractivity contribution in [2.75, 3.05) is 33.9 Å². The van der Waals surface area contributed by atoms with Crippen molar-refractivity contribution in [3.05, 3.63) is 35.9 Å². The molecule has 2 atom stereocenters. The lowest BCUT2D eigenvalue weighted by Gasteiger charge is -2.25. The van der Waals surface area contributed by atoms with E-state index in [2.05, 4.69) is 9.64 Å². The van der Waals surface area contributed by atoms with Crippen LogP contribution in [0.5, 0.6) is 0 Å². The second kappa shape index (κ2) is 7.02. The molecule has 1 saturated heterocycles. The molecular weight excluding hydrogens is 270 g/mol. The molecule has 116 valence electrons. The van der Waals surface area contributed by atoms with Gasteiger partial charge in [0, 0.05) is 18.7 Å². The molecule has 0 aliphatic carbocycles. The standard InChI is InChI=1S/C16H23NO4/c1-16(13-7-5-4-6-8-13)20-12-14(21-16)11-17(2)10-9-15(18)19-3/h4-8,14H,9-12H2,1-3H3. The van der Waals surface area contributed by atoms with Crippen LogP contribution in [-0.2, 0) is 24.8 Å². The topological polar surface area (TPSA) is 48.0 Å². The average molecular weight is 293 g/mol. The van der Waals surface area contributed by atoms with E-state index in [-0.39, 0.29) is 12.1 Å². The summed E-state index contributed by atoms with van der Waals surface area (Å²) in [4.78, 5) is 13.2. The van der Waals surface area contributed by atoms with Crippen LogP contribution in [-0.4, -0.2) is 50.8 Å². The largest absolute Gasteiger partial charge is 0.469 e. The number of carbonyl (C=O) groups is 1. The van der Waals surface area contributed by atoms with Gasteiger partial charge < -0.3 is 19.1 Å². The molecule has 2 unspecified atom stereocenters. The van der Waals surface area contributed by atoms with E-state index in [0.29, 0.717) is 19.6 Å². The van der Waals surface area contributed by atoms with Crippen molar-refractivity contribution in [1.82, 2.24) is 4.90 Å². The summed E-state index contributed by atoms with van der Waals surface area (Å²) in [6.45, 7) is 3.86. The van der Waals surface area contributed by atoms with Crippen LogP contribution in [0, 0.1) is 0 Å². The smallest absolute Gasteiger partial charge is 0.306 e. The Morgan fingerprint density at radius 3 is 2.81 bits per heavy atom. The van der Waals surface area contributed by atoms with E-state index in [0.717, 1.165) is 12.1 Å². The monoisotopic (exact) mass is 293 g/mol. The molecule has 0 saturated carbocycles. The highest BCUT2D eigenvalue weighted by atomic mass is 16.7. The number of likely N-dealkylation sites (N-methyl/N-ethyl adjacent to an activating group) is 1. The van der Waals surface area contributed by atoms with Gasteiger partial charge in [-0.25, -0.2) is 0 Å². The lowest BCUT2D eigenvalue weighted by molar-refractivity contribution is -0.163. The van der Waals surface area contributed by atoms with Crippen molar-refractivity contribution in [2.45, 2.75) is 25.2 Å².